The number of hydrogen-bond donors (Lipinski definition) is 3. The highest BCUT2D eigenvalue weighted by molar-refractivity contribution is 7.88. The lowest BCUT2D eigenvalue weighted by Gasteiger charge is -2.16. The minimum atomic E-state index is -3.79. The summed E-state index contributed by atoms with van der Waals surface area (Å²) in [7, 11) is -5.92. The second kappa shape index (κ2) is 6.99. The largest absolute Gasteiger partial charge is 0.481 e. The third kappa shape index (κ3) is 8.36. The monoisotopic (exact) mass is 303 g/mol. The van der Waals surface area contributed by atoms with E-state index in [1.165, 1.54) is 7.05 Å². The summed E-state index contributed by atoms with van der Waals surface area (Å²) in [4.78, 5) is 10.3. The molecule has 18 heavy (non-hydrogen) atoms. The Morgan fingerprint density at radius 2 is 1.67 bits per heavy atom. The second-order valence-corrected chi connectivity index (χ2v) is 7.23. The van der Waals surface area contributed by atoms with Crippen molar-refractivity contribution in [3.63, 3.8) is 0 Å². The van der Waals surface area contributed by atoms with E-state index in [1.807, 2.05) is 0 Å². The van der Waals surface area contributed by atoms with Crippen LogP contribution in [-0.2, 0) is 25.0 Å². The molecule has 0 heterocycles. The van der Waals surface area contributed by atoms with Crippen LogP contribution < -0.4 is 9.44 Å². The molecule has 0 aromatic heterocycles. The highest BCUT2D eigenvalue weighted by Gasteiger charge is 2.17. The third-order valence-corrected chi connectivity index (χ3v) is 4.13. The van der Waals surface area contributed by atoms with Gasteiger partial charge in [0.05, 0.1) is 12.7 Å². The number of sulfonamides is 1. The van der Waals surface area contributed by atoms with Crippen LogP contribution in [-0.4, -0.2) is 65.2 Å². The molecule has 0 aliphatic rings. The highest BCUT2D eigenvalue weighted by atomic mass is 32.2. The van der Waals surface area contributed by atoms with Crippen LogP contribution in [0.1, 0.15) is 6.42 Å². The Kier molecular flexibility index (Phi) is 6.70. The predicted octanol–water partition coefficient (Wildman–Crippen LogP) is -2.22. The molecule has 0 fully saturated rings. The SMILES string of the molecule is CN(CCC(=O)O)S(=O)(=O)NCCNS(C)(=O)=O. The van der Waals surface area contributed by atoms with Crippen molar-refractivity contribution in [1.82, 2.24) is 13.7 Å². The summed E-state index contributed by atoms with van der Waals surface area (Å²) in [5.74, 6) is -1.10. The Bertz CT molecular complexity index is 471. The highest BCUT2D eigenvalue weighted by Crippen LogP contribution is 1.95. The molecule has 0 saturated heterocycles. The van der Waals surface area contributed by atoms with Crippen LogP contribution in [0.4, 0.5) is 0 Å². The molecule has 0 rings (SSSR count). The summed E-state index contributed by atoms with van der Waals surface area (Å²) < 4.78 is 49.5. The van der Waals surface area contributed by atoms with Crippen LogP contribution >= 0.6 is 0 Å². The summed E-state index contributed by atoms with van der Waals surface area (Å²) >= 11 is 0. The Hall–Kier alpha value is -0.750. The maximum absolute atomic E-state index is 11.5. The molecule has 11 heteroatoms. The van der Waals surface area contributed by atoms with Gasteiger partial charge in [-0.3, -0.25) is 4.79 Å². The molecular formula is C7H17N3O6S2. The average molecular weight is 303 g/mol. The zero-order valence-corrected chi connectivity index (χ0v) is 11.7. The summed E-state index contributed by atoms with van der Waals surface area (Å²) in [5.41, 5.74) is 0. The number of aliphatic carboxylic acids is 1. The number of carboxylic acid groups (broad SMARTS) is 1. The van der Waals surface area contributed by atoms with Gasteiger partial charge in [-0.25, -0.2) is 17.9 Å². The Balaban J connectivity index is 4.11. The van der Waals surface area contributed by atoms with E-state index in [1.54, 1.807) is 0 Å². The molecule has 0 bridgehead atoms. The first-order valence-corrected chi connectivity index (χ1v) is 8.25. The number of nitrogens with one attached hydrogen (secondary N) is 2. The molecule has 0 spiro atoms. The quantitative estimate of drug-likeness (QED) is 0.413. The number of carbonyl (C=O) groups is 1. The fourth-order valence-corrected chi connectivity index (χ4v) is 2.28. The maximum Gasteiger partial charge on any atom is 0.304 e. The minimum absolute atomic E-state index is 0.0785. The van der Waals surface area contributed by atoms with Crippen molar-refractivity contribution < 1.29 is 26.7 Å². The Labute approximate surface area is 106 Å². The van der Waals surface area contributed by atoms with Gasteiger partial charge >= 0.3 is 5.97 Å². The van der Waals surface area contributed by atoms with Gasteiger partial charge in [0.2, 0.25) is 10.0 Å². The molecule has 108 valence electrons. The maximum atomic E-state index is 11.5. The lowest BCUT2D eigenvalue weighted by atomic mass is 10.4. The standard InChI is InChI=1S/C7H17N3O6S2/c1-10(6-3-7(11)12)18(15,16)9-5-4-8-17(2,13)14/h8-9H,3-6H2,1-2H3,(H,11,12). The Morgan fingerprint density at radius 1 is 1.17 bits per heavy atom. The fourth-order valence-electron chi connectivity index (χ4n) is 0.900. The fraction of sp³-hybridized carbons (Fsp3) is 0.857. The zero-order chi connectivity index (χ0) is 14.4. The van der Waals surface area contributed by atoms with Gasteiger partial charge in [-0.15, -0.1) is 0 Å². The Morgan fingerprint density at radius 3 is 2.11 bits per heavy atom. The van der Waals surface area contributed by atoms with Gasteiger partial charge in [-0.05, 0) is 0 Å². The van der Waals surface area contributed by atoms with Gasteiger partial charge in [0.15, 0.2) is 0 Å². The number of nitrogens with zero attached hydrogens (tertiary/aromatic N) is 1. The van der Waals surface area contributed by atoms with Crippen LogP contribution in [0.15, 0.2) is 0 Å². The smallest absolute Gasteiger partial charge is 0.304 e. The molecule has 0 saturated carbocycles. The molecule has 9 nitrogen and oxygen atoms in total. The van der Waals surface area contributed by atoms with Gasteiger partial charge in [-0.2, -0.15) is 12.7 Å². The van der Waals surface area contributed by atoms with E-state index in [2.05, 4.69) is 9.44 Å². The molecule has 0 aromatic carbocycles. The van der Waals surface area contributed by atoms with Crippen molar-refractivity contribution in [3.05, 3.63) is 0 Å². The topological polar surface area (TPSA) is 133 Å². The van der Waals surface area contributed by atoms with Crippen LogP contribution in [0.25, 0.3) is 0 Å². The van der Waals surface area contributed by atoms with Crippen molar-refractivity contribution in [1.29, 1.82) is 0 Å². The summed E-state index contributed by atoms with van der Waals surface area (Å²) in [6, 6.07) is 0. The third-order valence-electron chi connectivity index (χ3n) is 1.82. The molecule has 0 radical (unpaired) electrons. The first-order valence-electron chi connectivity index (χ1n) is 4.92. The van der Waals surface area contributed by atoms with Gasteiger partial charge in [0.25, 0.3) is 10.2 Å². The van der Waals surface area contributed by atoms with Gasteiger partial charge in [0, 0.05) is 26.7 Å². The lowest BCUT2D eigenvalue weighted by Crippen LogP contribution is -2.42. The zero-order valence-electron chi connectivity index (χ0n) is 10.1. The van der Waals surface area contributed by atoms with E-state index in [-0.39, 0.29) is 26.1 Å². The number of hydrogen-bond acceptors (Lipinski definition) is 5. The normalized spacial score (nSPS) is 12.8. The van der Waals surface area contributed by atoms with Crippen molar-refractivity contribution in [2.24, 2.45) is 0 Å². The molecule has 0 aliphatic heterocycles. The number of rotatable bonds is 9. The van der Waals surface area contributed by atoms with Gasteiger partial charge < -0.3 is 5.11 Å². The molecule has 0 amide bonds. The first kappa shape index (κ1) is 17.2. The molecule has 0 unspecified atom stereocenters. The van der Waals surface area contributed by atoms with Crippen molar-refractivity contribution in [2.45, 2.75) is 6.42 Å². The second-order valence-electron chi connectivity index (χ2n) is 3.53. The van der Waals surface area contributed by atoms with E-state index >= 15 is 0 Å². The number of carboxylic acids is 1. The van der Waals surface area contributed by atoms with Gasteiger partial charge in [-0.1, -0.05) is 0 Å². The average Bonchev–Trinajstić information content (AvgIpc) is 2.19. The van der Waals surface area contributed by atoms with E-state index in [0.29, 0.717) is 0 Å². The molecule has 0 atom stereocenters. The summed E-state index contributed by atoms with van der Waals surface area (Å²) in [6.45, 7) is -0.359. The van der Waals surface area contributed by atoms with Crippen molar-refractivity contribution in [3.8, 4) is 0 Å². The van der Waals surface area contributed by atoms with E-state index in [4.69, 9.17) is 5.11 Å². The minimum Gasteiger partial charge on any atom is -0.481 e. The molecular weight excluding hydrogens is 286 g/mol. The predicted molar refractivity (Wildman–Crippen MR) is 64.7 cm³/mol. The molecule has 3 N–H and O–H groups in total. The van der Waals surface area contributed by atoms with E-state index in [9.17, 15) is 21.6 Å². The summed E-state index contributed by atoms with van der Waals surface area (Å²) in [5, 5.41) is 8.41. The van der Waals surface area contributed by atoms with Crippen molar-refractivity contribution >= 4 is 26.2 Å². The van der Waals surface area contributed by atoms with Crippen molar-refractivity contribution in [2.75, 3.05) is 32.9 Å². The van der Waals surface area contributed by atoms with Crippen LogP contribution in [0, 0.1) is 0 Å². The van der Waals surface area contributed by atoms with Crippen LogP contribution in [0.3, 0.4) is 0 Å². The summed E-state index contributed by atoms with van der Waals surface area (Å²) in [6.07, 6.45) is 0.652. The van der Waals surface area contributed by atoms with E-state index in [0.717, 1.165) is 10.6 Å². The first-order chi connectivity index (χ1) is 8.04. The van der Waals surface area contributed by atoms with E-state index < -0.39 is 26.2 Å². The van der Waals surface area contributed by atoms with Gasteiger partial charge in [0.1, 0.15) is 0 Å². The molecule has 0 aromatic rings. The molecule has 0 aliphatic carbocycles. The van der Waals surface area contributed by atoms with Crippen LogP contribution in [0.5, 0.6) is 0 Å². The lowest BCUT2D eigenvalue weighted by molar-refractivity contribution is -0.137. The van der Waals surface area contributed by atoms with Crippen LogP contribution in [0.2, 0.25) is 0 Å².